The first-order valence-corrected chi connectivity index (χ1v) is 15.9. The van der Waals surface area contributed by atoms with Gasteiger partial charge in [-0.3, -0.25) is 0 Å². The Labute approximate surface area is 234 Å². The minimum atomic E-state index is -0.518. The van der Waals surface area contributed by atoms with Gasteiger partial charge < -0.3 is 20.1 Å². The Hall–Kier alpha value is -2.00. The molecule has 38 heavy (non-hydrogen) atoms. The maximum atomic E-state index is 13.3. The first kappa shape index (κ1) is 29.0. The third kappa shape index (κ3) is 7.34. The highest BCUT2D eigenvalue weighted by Crippen LogP contribution is 2.42. The fraction of sp³-hybridized carbons (Fsp3) is 0.533. The molecule has 0 amide bonds. The summed E-state index contributed by atoms with van der Waals surface area (Å²) in [5.74, 6) is 0.124. The van der Waals surface area contributed by atoms with Gasteiger partial charge in [-0.25, -0.2) is 9.59 Å². The molecule has 0 aliphatic carbocycles. The lowest BCUT2D eigenvalue weighted by atomic mass is 9.83. The first-order chi connectivity index (χ1) is 18.2. The van der Waals surface area contributed by atoms with Crippen LogP contribution in [0.3, 0.4) is 0 Å². The molecule has 0 bridgehead atoms. The monoisotopic (exact) mass is 558 g/mol. The molecule has 2 aliphatic rings. The van der Waals surface area contributed by atoms with E-state index in [9.17, 15) is 9.59 Å². The molecule has 2 aromatic rings. The van der Waals surface area contributed by atoms with Crippen molar-refractivity contribution in [3.05, 3.63) is 59.7 Å². The Morgan fingerprint density at radius 3 is 1.37 bits per heavy atom. The molecule has 6 nitrogen and oxygen atoms in total. The topological polar surface area (TPSA) is 85.8 Å². The molecule has 8 heteroatoms. The fourth-order valence-corrected chi connectivity index (χ4v) is 7.84. The van der Waals surface area contributed by atoms with Gasteiger partial charge in [0.15, 0.2) is 0 Å². The third-order valence-corrected chi connectivity index (χ3v) is 10.5. The van der Waals surface area contributed by atoms with Crippen LogP contribution >= 0.6 is 21.6 Å². The zero-order valence-corrected chi connectivity index (χ0v) is 24.7. The lowest BCUT2D eigenvalue weighted by molar-refractivity contribution is -0.666. The molecule has 2 heterocycles. The SMILES string of the molecule is CC(C)(OC(=O)c1ccccc1SSc1ccccc1C(=O)OC(C)(C)C1CC[NH2+]CC1)C1CC[NH2+]CC1. The summed E-state index contributed by atoms with van der Waals surface area (Å²) in [4.78, 5) is 28.2. The predicted molar refractivity (Wildman–Crippen MR) is 152 cm³/mol. The number of ether oxygens (including phenoxy) is 2. The van der Waals surface area contributed by atoms with Crippen LogP contribution in [0.25, 0.3) is 0 Å². The van der Waals surface area contributed by atoms with Crippen molar-refractivity contribution in [3.8, 4) is 0 Å². The van der Waals surface area contributed by atoms with E-state index in [4.69, 9.17) is 9.47 Å². The van der Waals surface area contributed by atoms with Crippen LogP contribution in [0, 0.1) is 11.8 Å². The molecule has 2 aliphatic heterocycles. The Balaban J connectivity index is 1.44. The maximum absolute atomic E-state index is 13.3. The average molecular weight is 559 g/mol. The van der Waals surface area contributed by atoms with E-state index in [0.29, 0.717) is 23.0 Å². The van der Waals surface area contributed by atoms with Crippen LogP contribution in [0.4, 0.5) is 0 Å². The number of rotatable bonds is 9. The van der Waals surface area contributed by atoms with E-state index < -0.39 is 11.2 Å². The van der Waals surface area contributed by atoms with E-state index in [2.05, 4.69) is 10.6 Å². The van der Waals surface area contributed by atoms with Crippen molar-refractivity contribution in [2.75, 3.05) is 26.2 Å². The number of carbonyl (C=O) groups excluding carboxylic acids is 2. The number of carbonyl (C=O) groups is 2. The minimum absolute atomic E-state index is 0.299. The molecule has 0 unspecified atom stereocenters. The van der Waals surface area contributed by atoms with Gasteiger partial charge in [-0.15, -0.1) is 0 Å². The molecule has 0 saturated carbocycles. The van der Waals surface area contributed by atoms with E-state index in [1.54, 1.807) is 0 Å². The summed E-state index contributed by atoms with van der Waals surface area (Å²) in [6, 6.07) is 15.1. The summed E-state index contributed by atoms with van der Waals surface area (Å²) in [5.41, 5.74) is 0.0671. The molecule has 2 fully saturated rings. The molecule has 0 atom stereocenters. The van der Waals surface area contributed by atoms with Gasteiger partial charge in [-0.05, 0) is 52.0 Å². The zero-order chi connectivity index (χ0) is 27.2. The lowest BCUT2D eigenvalue weighted by Crippen LogP contribution is -2.86. The Morgan fingerprint density at radius 1 is 0.658 bits per heavy atom. The number of benzene rings is 2. The van der Waals surface area contributed by atoms with Crippen molar-refractivity contribution < 1.29 is 29.7 Å². The Kier molecular flexibility index (Phi) is 9.84. The van der Waals surface area contributed by atoms with E-state index >= 15 is 0 Å². The summed E-state index contributed by atoms with van der Waals surface area (Å²) < 4.78 is 12.2. The van der Waals surface area contributed by atoms with Crippen LogP contribution in [-0.4, -0.2) is 49.3 Å². The number of hydrogen-bond donors (Lipinski definition) is 2. The van der Waals surface area contributed by atoms with Crippen LogP contribution in [-0.2, 0) is 9.47 Å². The first-order valence-electron chi connectivity index (χ1n) is 13.8. The zero-order valence-electron chi connectivity index (χ0n) is 23.0. The molecule has 206 valence electrons. The molecule has 2 saturated heterocycles. The predicted octanol–water partition coefficient (Wildman–Crippen LogP) is 4.30. The maximum Gasteiger partial charge on any atom is 0.339 e. The number of piperidine rings is 2. The summed E-state index contributed by atoms with van der Waals surface area (Å²) in [6.07, 6.45) is 4.20. The highest BCUT2D eigenvalue weighted by molar-refractivity contribution is 8.76. The number of hydrogen-bond acceptors (Lipinski definition) is 6. The van der Waals surface area contributed by atoms with Crippen molar-refractivity contribution in [1.82, 2.24) is 0 Å². The van der Waals surface area contributed by atoms with Gasteiger partial charge in [0.25, 0.3) is 0 Å². The van der Waals surface area contributed by atoms with Crippen LogP contribution in [0.2, 0.25) is 0 Å². The van der Waals surface area contributed by atoms with Gasteiger partial charge in [-0.2, -0.15) is 0 Å². The van der Waals surface area contributed by atoms with Crippen molar-refractivity contribution in [3.63, 3.8) is 0 Å². The van der Waals surface area contributed by atoms with Crippen LogP contribution in [0.5, 0.6) is 0 Å². The summed E-state index contributed by atoms with van der Waals surface area (Å²) in [6.45, 7) is 12.4. The van der Waals surface area contributed by atoms with Gasteiger partial charge in [0.1, 0.15) is 11.2 Å². The summed E-state index contributed by atoms with van der Waals surface area (Å²) in [5, 5.41) is 4.64. The second-order valence-electron chi connectivity index (χ2n) is 11.4. The minimum Gasteiger partial charge on any atom is -0.456 e. The lowest BCUT2D eigenvalue weighted by Gasteiger charge is -2.35. The molecule has 4 rings (SSSR count). The van der Waals surface area contributed by atoms with Crippen molar-refractivity contribution in [1.29, 1.82) is 0 Å². The van der Waals surface area contributed by atoms with E-state index in [0.717, 1.165) is 61.7 Å². The smallest absolute Gasteiger partial charge is 0.339 e. The van der Waals surface area contributed by atoms with E-state index in [1.807, 2.05) is 76.2 Å². The van der Waals surface area contributed by atoms with Crippen LogP contribution in [0.1, 0.15) is 74.1 Å². The van der Waals surface area contributed by atoms with Crippen molar-refractivity contribution >= 4 is 33.5 Å². The van der Waals surface area contributed by atoms with Gasteiger partial charge in [0.05, 0.1) is 37.3 Å². The largest absolute Gasteiger partial charge is 0.456 e. The molecule has 0 spiro atoms. The molecule has 4 N–H and O–H groups in total. The van der Waals surface area contributed by atoms with Gasteiger partial charge in [0, 0.05) is 47.3 Å². The standard InChI is InChI=1S/C30H40N2O4S2/c1-29(2,21-13-17-31-18-14-21)35-27(33)23-9-5-7-11-25(23)37-38-26-12-8-6-10-24(26)28(34)36-30(3,4)22-15-19-32-20-16-22/h5-12,21-22,31-32H,13-20H2,1-4H3/p+2. The number of quaternary nitrogens is 2. The summed E-state index contributed by atoms with van der Waals surface area (Å²) >= 11 is 0. The van der Waals surface area contributed by atoms with E-state index in [-0.39, 0.29) is 11.9 Å². The second kappa shape index (κ2) is 12.9. The normalized spacial score (nSPS) is 17.7. The van der Waals surface area contributed by atoms with Crippen LogP contribution in [0.15, 0.2) is 58.3 Å². The van der Waals surface area contributed by atoms with Crippen molar-refractivity contribution in [2.45, 2.75) is 74.4 Å². The Bertz CT molecular complexity index is 1020. The highest BCUT2D eigenvalue weighted by atomic mass is 33.1. The van der Waals surface area contributed by atoms with E-state index in [1.165, 1.54) is 21.6 Å². The second-order valence-corrected chi connectivity index (χ2v) is 13.6. The fourth-order valence-electron chi connectivity index (χ4n) is 5.50. The van der Waals surface area contributed by atoms with Gasteiger partial charge in [-0.1, -0.05) is 45.9 Å². The Morgan fingerprint density at radius 2 is 1.00 bits per heavy atom. The number of nitrogens with two attached hydrogens (primary N) is 2. The highest BCUT2D eigenvalue weighted by Gasteiger charge is 2.37. The van der Waals surface area contributed by atoms with Crippen LogP contribution < -0.4 is 10.6 Å². The van der Waals surface area contributed by atoms with Gasteiger partial charge in [0.2, 0.25) is 0 Å². The molecular formula is C30H42N2O4S2+2. The van der Waals surface area contributed by atoms with Gasteiger partial charge >= 0.3 is 11.9 Å². The molecule has 0 aromatic heterocycles. The van der Waals surface area contributed by atoms with Crippen molar-refractivity contribution in [2.24, 2.45) is 11.8 Å². The third-order valence-electron chi connectivity index (χ3n) is 7.99. The molecular weight excluding hydrogens is 516 g/mol. The average Bonchev–Trinajstić information content (AvgIpc) is 2.92. The molecule has 2 aromatic carbocycles. The summed E-state index contributed by atoms with van der Waals surface area (Å²) in [7, 11) is 2.93. The quantitative estimate of drug-likeness (QED) is 0.353. The molecule has 0 radical (unpaired) electrons. The number of esters is 2.